The first-order valence-corrected chi connectivity index (χ1v) is 4.09. The van der Waals surface area contributed by atoms with E-state index < -0.39 is 0 Å². The highest BCUT2D eigenvalue weighted by molar-refractivity contribution is 7.13. The van der Waals surface area contributed by atoms with Crippen LogP contribution in [-0.4, -0.2) is 18.8 Å². The molecule has 62 valence electrons. The number of rotatable bonds is 3. The van der Waals surface area contributed by atoms with Gasteiger partial charge in [-0.05, 0) is 12.1 Å². The minimum Gasteiger partial charge on any atom is -0.487 e. The number of nitrogens with two attached hydrogens (primary N) is 1. The molecule has 0 bridgehead atoms. The minimum absolute atomic E-state index is 0.0241. The predicted molar refractivity (Wildman–Crippen MR) is 44.9 cm³/mol. The fourth-order valence-corrected chi connectivity index (χ4v) is 1.55. The van der Waals surface area contributed by atoms with Gasteiger partial charge in [0.2, 0.25) is 0 Å². The largest absolute Gasteiger partial charge is 0.487 e. The number of hydrogen-bond acceptors (Lipinski definition) is 4. The number of methoxy groups -OCH3 is 1. The van der Waals surface area contributed by atoms with Crippen LogP contribution in [0.5, 0.6) is 5.06 Å². The molecule has 1 rings (SSSR count). The van der Waals surface area contributed by atoms with E-state index >= 15 is 0 Å². The summed E-state index contributed by atoms with van der Waals surface area (Å²) < 4.78 is 4.97. The standard InChI is InChI=1S/C7H11NO2S/c1-10-7-3-2-6(11-7)5(8)4-9/h2-3,5,9H,4,8H2,1H3. The summed E-state index contributed by atoms with van der Waals surface area (Å²) in [5, 5.41) is 9.53. The van der Waals surface area contributed by atoms with E-state index in [1.165, 1.54) is 11.3 Å². The number of aliphatic hydroxyl groups excluding tert-OH is 1. The van der Waals surface area contributed by atoms with Gasteiger partial charge in [0.05, 0.1) is 19.8 Å². The quantitative estimate of drug-likeness (QED) is 0.709. The lowest BCUT2D eigenvalue weighted by molar-refractivity contribution is 0.269. The zero-order valence-corrected chi connectivity index (χ0v) is 7.10. The molecule has 4 heteroatoms. The van der Waals surface area contributed by atoms with Crippen molar-refractivity contribution in [3.63, 3.8) is 0 Å². The Kier molecular flexibility index (Phi) is 2.87. The molecule has 11 heavy (non-hydrogen) atoms. The van der Waals surface area contributed by atoms with E-state index in [-0.39, 0.29) is 12.6 Å². The lowest BCUT2D eigenvalue weighted by Gasteiger charge is -2.02. The Morgan fingerprint density at radius 3 is 2.91 bits per heavy atom. The number of aliphatic hydroxyl groups is 1. The first-order chi connectivity index (χ1) is 5.27. The summed E-state index contributed by atoms with van der Waals surface area (Å²) in [7, 11) is 1.61. The van der Waals surface area contributed by atoms with Gasteiger partial charge in [-0.25, -0.2) is 0 Å². The lowest BCUT2D eigenvalue weighted by Crippen LogP contribution is -2.12. The summed E-state index contributed by atoms with van der Waals surface area (Å²) in [6, 6.07) is 3.43. The molecular formula is C7H11NO2S. The monoisotopic (exact) mass is 173 g/mol. The van der Waals surface area contributed by atoms with Crippen molar-refractivity contribution in [1.29, 1.82) is 0 Å². The van der Waals surface area contributed by atoms with Crippen LogP contribution < -0.4 is 10.5 Å². The van der Waals surface area contributed by atoms with Gasteiger partial charge >= 0.3 is 0 Å². The Morgan fingerprint density at radius 2 is 2.45 bits per heavy atom. The average molecular weight is 173 g/mol. The Hall–Kier alpha value is -0.580. The maximum Gasteiger partial charge on any atom is 0.173 e. The molecule has 1 aromatic rings. The van der Waals surface area contributed by atoms with Crippen molar-refractivity contribution in [2.24, 2.45) is 5.73 Å². The number of ether oxygens (including phenoxy) is 1. The molecule has 3 nitrogen and oxygen atoms in total. The third-order valence-corrected chi connectivity index (χ3v) is 2.54. The van der Waals surface area contributed by atoms with E-state index in [0.717, 1.165) is 9.94 Å². The number of thiophene rings is 1. The van der Waals surface area contributed by atoms with Gasteiger partial charge in [0.15, 0.2) is 5.06 Å². The molecular weight excluding hydrogens is 162 g/mol. The molecule has 0 amide bonds. The topological polar surface area (TPSA) is 55.5 Å². The summed E-state index contributed by atoms with van der Waals surface area (Å²) in [5.41, 5.74) is 5.57. The highest BCUT2D eigenvalue weighted by Gasteiger charge is 2.07. The van der Waals surface area contributed by atoms with E-state index in [4.69, 9.17) is 15.6 Å². The van der Waals surface area contributed by atoms with Crippen LogP contribution in [-0.2, 0) is 0 Å². The van der Waals surface area contributed by atoms with Crippen LogP contribution in [0.3, 0.4) is 0 Å². The van der Waals surface area contributed by atoms with Crippen LogP contribution in [0.15, 0.2) is 12.1 Å². The van der Waals surface area contributed by atoms with Crippen molar-refractivity contribution in [2.75, 3.05) is 13.7 Å². The summed E-state index contributed by atoms with van der Waals surface area (Å²) in [6.07, 6.45) is 0. The molecule has 1 unspecified atom stereocenters. The lowest BCUT2D eigenvalue weighted by atomic mass is 10.3. The molecule has 0 saturated heterocycles. The van der Waals surface area contributed by atoms with Gasteiger partial charge in [0, 0.05) is 4.88 Å². The Balaban J connectivity index is 2.71. The van der Waals surface area contributed by atoms with Crippen LogP contribution >= 0.6 is 11.3 Å². The zero-order chi connectivity index (χ0) is 8.27. The van der Waals surface area contributed by atoms with Crippen molar-refractivity contribution in [1.82, 2.24) is 0 Å². The second-order valence-electron chi connectivity index (χ2n) is 2.15. The molecule has 0 saturated carbocycles. The number of hydrogen-bond donors (Lipinski definition) is 2. The molecule has 0 fully saturated rings. The zero-order valence-electron chi connectivity index (χ0n) is 6.28. The summed E-state index contributed by atoms with van der Waals surface area (Å²) in [6.45, 7) is -0.0241. The van der Waals surface area contributed by atoms with E-state index in [0.29, 0.717) is 0 Å². The molecule has 0 aliphatic heterocycles. The normalized spacial score (nSPS) is 13.0. The van der Waals surface area contributed by atoms with E-state index in [1.807, 2.05) is 12.1 Å². The van der Waals surface area contributed by atoms with Crippen LogP contribution in [0.4, 0.5) is 0 Å². The average Bonchev–Trinajstić information content (AvgIpc) is 2.50. The fourth-order valence-electron chi connectivity index (χ4n) is 0.733. The van der Waals surface area contributed by atoms with Crippen molar-refractivity contribution in [3.05, 3.63) is 17.0 Å². The predicted octanol–water partition coefficient (Wildman–Crippen LogP) is 0.749. The molecule has 0 spiro atoms. The molecule has 1 heterocycles. The fraction of sp³-hybridized carbons (Fsp3) is 0.429. The van der Waals surface area contributed by atoms with Gasteiger partial charge in [0.1, 0.15) is 0 Å². The first kappa shape index (κ1) is 8.52. The molecule has 0 aliphatic carbocycles. The summed E-state index contributed by atoms with van der Waals surface area (Å²) >= 11 is 1.46. The first-order valence-electron chi connectivity index (χ1n) is 3.28. The van der Waals surface area contributed by atoms with Gasteiger partial charge in [-0.15, -0.1) is 11.3 Å². The minimum atomic E-state index is -0.274. The maximum absolute atomic E-state index is 8.71. The summed E-state index contributed by atoms with van der Waals surface area (Å²) in [4.78, 5) is 0.948. The second-order valence-corrected chi connectivity index (χ2v) is 3.23. The van der Waals surface area contributed by atoms with Crippen LogP contribution in [0.1, 0.15) is 10.9 Å². The third-order valence-electron chi connectivity index (χ3n) is 1.37. The van der Waals surface area contributed by atoms with Crippen LogP contribution in [0.25, 0.3) is 0 Å². The SMILES string of the molecule is COc1ccc(C(N)CO)s1. The van der Waals surface area contributed by atoms with Crippen LogP contribution in [0.2, 0.25) is 0 Å². The second kappa shape index (κ2) is 3.71. The van der Waals surface area contributed by atoms with Crippen LogP contribution in [0, 0.1) is 0 Å². The van der Waals surface area contributed by atoms with Crippen molar-refractivity contribution in [3.8, 4) is 5.06 Å². The maximum atomic E-state index is 8.71. The summed E-state index contributed by atoms with van der Waals surface area (Å²) in [5.74, 6) is 0. The molecule has 1 aromatic heterocycles. The van der Waals surface area contributed by atoms with Gasteiger partial charge < -0.3 is 15.6 Å². The smallest absolute Gasteiger partial charge is 0.173 e. The van der Waals surface area contributed by atoms with Crippen molar-refractivity contribution < 1.29 is 9.84 Å². The van der Waals surface area contributed by atoms with Gasteiger partial charge in [0.25, 0.3) is 0 Å². The molecule has 1 atom stereocenters. The van der Waals surface area contributed by atoms with Gasteiger partial charge in [-0.3, -0.25) is 0 Å². The molecule has 0 aromatic carbocycles. The van der Waals surface area contributed by atoms with Gasteiger partial charge in [-0.1, -0.05) is 0 Å². The Morgan fingerprint density at radius 1 is 1.73 bits per heavy atom. The van der Waals surface area contributed by atoms with Gasteiger partial charge in [-0.2, -0.15) is 0 Å². The Bertz CT molecular complexity index is 224. The van der Waals surface area contributed by atoms with Crippen molar-refractivity contribution in [2.45, 2.75) is 6.04 Å². The third kappa shape index (κ3) is 1.92. The molecule has 0 aliphatic rings. The Labute approximate surface area is 69.4 Å². The molecule has 0 radical (unpaired) electrons. The van der Waals surface area contributed by atoms with E-state index in [1.54, 1.807) is 7.11 Å². The van der Waals surface area contributed by atoms with Crippen molar-refractivity contribution >= 4 is 11.3 Å². The highest BCUT2D eigenvalue weighted by Crippen LogP contribution is 2.27. The highest BCUT2D eigenvalue weighted by atomic mass is 32.1. The molecule has 3 N–H and O–H groups in total. The van der Waals surface area contributed by atoms with E-state index in [2.05, 4.69) is 0 Å². The van der Waals surface area contributed by atoms with E-state index in [9.17, 15) is 0 Å².